The fourth-order valence-electron chi connectivity index (χ4n) is 1.60. The van der Waals surface area contributed by atoms with Crippen molar-refractivity contribution < 1.29 is 14.3 Å². The van der Waals surface area contributed by atoms with Crippen LogP contribution >= 0.6 is 11.6 Å². The Hall–Kier alpha value is -1.95. The van der Waals surface area contributed by atoms with E-state index in [0.717, 1.165) is 6.42 Å². The first-order chi connectivity index (χ1) is 9.97. The summed E-state index contributed by atoms with van der Waals surface area (Å²) in [5, 5.41) is 8.33. The van der Waals surface area contributed by atoms with Crippen molar-refractivity contribution in [2.45, 2.75) is 26.3 Å². The van der Waals surface area contributed by atoms with Crippen LogP contribution in [0.5, 0.6) is 5.75 Å². The Kier molecular flexibility index (Phi) is 6.81. The van der Waals surface area contributed by atoms with Gasteiger partial charge in [0.05, 0.1) is 12.8 Å². The van der Waals surface area contributed by atoms with Crippen molar-refractivity contribution in [1.82, 2.24) is 10.6 Å². The highest BCUT2D eigenvalue weighted by Crippen LogP contribution is 2.27. The van der Waals surface area contributed by atoms with Crippen LogP contribution < -0.4 is 20.7 Å². The second kappa shape index (κ2) is 8.36. The van der Waals surface area contributed by atoms with Crippen molar-refractivity contribution in [1.29, 1.82) is 0 Å². The number of amides is 3. The monoisotopic (exact) mass is 313 g/mol. The summed E-state index contributed by atoms with van der Waals surface area (Å²) in [5.41, 5.74) is 0.434. The van der Waals surface area contributed by atoms with Gasteiger partial charge in [-0.2, -0.15) is 0 Å². The maximum absolute atomic E-state index is 11.9. The molecule has 0 bridgehead atoms. The van der Waals surface area contributed by atoms with Crippen LogP contribution in [0.1, 0.15) is 20.3 Å². The van der Waals surface area contributed by atoms with Crippen LogP contribution in [0.25, 0.3) is 0 Å². The molecule has 1 aromatic carbocycles. The number of ether oxygens (including phenoxy) is 1. The summed E-state index contributed by atoms with van der Waals surface area (Å²) in [6.45, 7) is 4.14. The van der Waals surface area contributed by atoms with E-state index >= 15 is 0 Å². The third-order valence-electron chi connectivity index (χ3n) is 2.70. The van der Waals surface area contributed by atoms with Crippen molar-refractivity contribution in [2.24, 2.45) is 0 Å². The minimum absolute atomic E-state index is 0.231. The Bertz CT molecular complexity index is 508. The zero-order chi connectivity index (χ0) is 15.8. The highest BCUT2D eigenvalue weighted by atomic mass is 35.5. The van der Waals surface area contributed by atoms with Crippen molar-refractivity contribution in [3.05, 3.63) is 23.2 Å². The van der Waals surface area contributed by atoms with Gasteiger partial charge in [-0.3, -0.25) is 4.79 Å². The molecule has 7 heteroatoms. The highest BCUT2D eigenvalue weighted by molar-refractivity contribution is 6.31. The lowest BCUT2D eigenvalue weighted by Gasteiger charge is -2.15. The van der Waals surface area contributed by atoms with Crippen molar-refractivity contribution in [3.8, 4) is 5.75 Å². The molecule has 1 rings (SSSR count). The Labute approximate surface area is 129 Å². The predicted molar refractivity (Wildman–Crippen MR) is 82.9 cm³/mol. The molecule has 0 aromatic heterocycles. The van der Waals surface area contributed by atoms with Crippen LogP contribution in [-0.2, 0) is 4.79 Å². The molecule has 0 heterocycles. The molecule has 0 aliphatic carbocycles. The fourth-order valence-corrected chi connectivity index (χ4v) is 1.77. The maximum atomic E-state index is 11.9. The SMILES string of the molecule is CCCNC(=O)[C@@H](C)NC(=O)Nc1cc(Cl)ccc1OC. The normalized spacial score (nSPS) is 11.4. The summed E-state index contributed by atoms with van der Waals surface area (Å²) in [5.74, 6) is 0.252. The average molecular weight is 314 g/mol. The molecule has 0 aliphatic heterocycles. The molecule has 0 saturated carbocycles. The number of carbonyl (C=O) groups excluding carboxylic acids is 2. The zero-order valence-electron chi connectivity index (χ0n) is 12.3. The van der Waals surface area contributed by atoms with Crippen LogP contribution in [0.15, 0.2) is 18.2 Å². The van der Waals surface area contributed by atoms with Crippen molar-refractivity contribution >= 4 is 29.2 Å². The first-order valence-electron chi connectivity index (χ1n) is 6.66. The van der Waals surface area contributed by atoms with Gasteiger partial charge >= 0.3 is 6.03 Å². The number of rotatable bonds is 6. The van der Waals surface area contributed by atoms with Gasteiger partial charge in [-0.05, 0) is 31.5 Å². The predicted octanol–water partition coefficient (Wildman–Crippen LogP) is 2.38. The number of urea groups is 1. The van der Waals surface area contributed by atoms with E-state index in [1.807, 2.05) is 6.92 Å². The number of nitrogens with one attached hydrogen (secondary N) is 3. The lowest BCUT2D eigenvalue weighted by atomic mass is 10.3. The molecule has 3 amide bonds. The van der Waals surface area contributed by atoms with Gasteiger partial charge in [-0.25, -0.2) is 4.79 Å². The van der Waals surface area contributed by atoms with E-state index in [1.54, 1.807) is 25.1 Å². The van der Waals surface area contributed by atoms with Crippen LogP contribution in [0.4, 0.5) is 10.5 Å². The van der Waals surface area contributed by atoms with Crippen LogP contribution in [-0.4, -0.2) is 31.6 Å². The molecule has 6 nitrogen and oxygen atoms in total. The molecule has 0 aliphatic rings. The van der Waals surface area contributed by atoms with Gasteiger partial charge < -0.3 is 20.7 Å². The number of benzene rings is 1. The first-order valence-corrected chi connectivity index (χ1v) is 7.04. The standard InChI is InChI=1S/C14H20ClN3O3/c1-4-7-16-13(19)9(2)17-14(20)18-11-8-10(15)5-6-12(11)21-3/h5-6,8-9H,4,7H2,1-3H3,(H,16,19)(H2,17,18,20)/t9-/m1/s1. The summed E-state index contributed by atoms with van der Waals surface area (Å²) < 4.78 is 5.13. The van der Waals surface area contributed by atoms with E-state index < -0.39 is 12.1 Å². The molecule has 0 saturated heterocycles. The molecule has 0 unspecified atom stereocenters. The van der Waals surface area contributed by atoms with Crippen LogP contribution in [0.3, 0.4) is 0 Å². The molecule has 0 fully saturated rings. The topological polar surface area (TPSA) is 79.5 Å². The smallest absolute Gasteiger partial charge is 0.319 e. The molecule has 0 radical (unpaired) electrons. The van der Waals surface area contributed by atoms with E-state index in [2.05, 4.69) is 16.0 Å². The van der Waals surface area contributed by atoms with E-state index in [4.69, 9.17) is 16.3 Å². The van der Waals surface area contributed by atoms with Gasteiger partial charge in [0, 0.05) is 11.6 Å². The quantitative estimate of drug-likeness (QED) is 0.754. The minimum atomic E-state index is -0.637. The van der Waals surface area contributed by atoms with E-state index in [-0.39, 0.29) is 5.91 Å². The van der Waals surface area contributed by atoms with Gasteiger partial charge in [-0.1, -0.05) is 18.5 Å². The maximum Gasteiger partial charge on any atom is 0.319 e. The summed E-state index contributed by atoms with van der Waals surface area (Å²) in [6.07, 6.45) is 0.838. The first kappa shape index (κ1) is 17.1. The van der Waals surface area contributed by atoms with Gasteiger partial charge in [0.2, 0.25) is 5.91 Å². The fraction of sp³-hybridized carbons (Fsp3) is 0.429. The van der Waals surface area contributed by atoms with Gasteiger partial charge in [0.1, 0.15) is 11.8 Å². The summed E-state index contributed by atoms with van der Waals surface area (Å²) in [6, 6.07) is 3.73. The Balaban J connectivity index is 2.61. The van der Waals surface area contributed by atoms with Gasteiger partial charge in [0.25, 0.3) is 0 Å². The Morgan fingerprint density at radius 1 is 1.38 bits per heavy atom. The van der Waals surface area contributed by atoms with E-state index in [0.29, 0.717) is 23.0 Å². The average Bonchev–Trinajstić information content (AvgIpc) is 2.44. The van der Waals surface area contributed by atoms with Gasteiger partial charge in [-0.15, -0.1) is 0 Å². The summed E-state index contributed by atoms with van der Waals surface area (Å²) >= 11 is 5.88. The van der Waals surface area contributed by atoms with Crippen LogP contribution in [0.2, 0.25) is 5.02 Å². The lowest BCUT2D eigenvalue weighted by molar-refractivity contribution is -0.122. The largest absolute Gasteiger partial charge is 0.495 e. The molecular formula is C14H20ClN3O3. The van der Waals surface area contributed by atoms with Crippen molar-refractivity contribution in [3.63, 3.8) is 0 Å². The molecule has 0 spiro atoms. The third-order valence-corrected chi connectivity index (χ3v) is 2.93. The van der Waals surface area contributed by atoms with E-state index in [1.165, 1.54) is 7.11 Å². The third kappa shape index (κ3) is 5.51. The number of halogens is 1. The summed E-state index contributed by atoms with van der Waals surface area (Å²) in [4.78, 5) is 23.5. The Morgan fingerprint density at radius 3 is 2.71 bits per heavy atom. The summed E-state index contributed by atoms with van der Waals surface area (Å²) in [7, 11) is 1.49. The minimum Gasteiger partial charge on any atom is -0.495 e. The number of hydrogen-bond acceptors (Lipinski definition) is 3. The zero-order valence-corrected chi connectivity index (χ0v) is 13.1. The molecule has 1 aromatic rings. The van der Waals surface area contributed by atoms with E-state index in [9.17, 15) is 9.59 Å². The molecule has 116 valence electrons. The number of methoxy groups -OCH3 is 1. The van der Waals surface area contributed by atoms with Crippen molar-refractivity contribution in [2.75, 3.05) is 19.0 Å². The molecule has 3 N–H and O–H groups in total. The molecule has 1 atom stereocenters. The molecule has 21 heavy (non-hydrogen) atoms. The van der Waals surface area contributed by atoms with Crippen LogP contribution in [0, 0.1) is 0 Å². The lowest BCUT2D eigenvalue weighted by Crippen LogP contribution is -2.46. The molecular weight excluding hydrogens is 294 g/mol. The number of anilines is 1. The highest BCUT2D eigenvalue weighted by Gasteiger charge is 2.16. The second-order valence-electron chi connectivity index (χ2n) is 4.46. The second-order valence-corrected chi connectivity index (χ2v) is 4.89. The Morgan fingerprint density at radius 2 is 2.10 bits per heavy atom. The number of hydrogen-bond donors (Lipinski definition) is 3. The van der Waals surface area contributed by atoms with Gasteiger partial charge in [0.15, 0.2) is 0 Å². The number of carbonyl (C=O) groups is 2.